The summed E-state index contributed by atoms with van der Waals surface area (Å²) in [6.45, 7) is 5.87. The molecule has 4 rings (SSSR count). The zero-order valence-corrected chi connectivity index (χ0v) is 15.4. The van der Waals surface area contributed by atoms with E-state index in [-0.39, 0.29) is 6.10 Å². The number of rotatable bonds is 3. The van der Waals surface area contributed by atoms with Crippen molar-refractivity contribution in [2.24, 2.45) is 0 Å². The van der Waals surface area contributed by atoms with Crippen molar-refractivity contribution in [2.75, 3.05) is 0 Å². The molecule has 6 nitrogen and oxygen atoms in total. The highest BCUT2D eigenvalue weighted by Gasteiger charge is 2.17. The van der Waals surface area contributed by atoms with Gasteiger partial charge in [-0.15, -0.1) is 11.3 Å². The van der Waals surface area contributed by atoms with Crippen LogP contribution in [0, 0.1) is 6.92 Å². The lowest BCUT2D eigenvalue weighted by atomic mass is 10.1. The van der Waals surface area contributed by atoms with E-state index in [2.05, 4.69) is 9.97 Å². The first-order chi connectivity index (χ1) is 12.5. The van der Waals surface area contributed by atoms with E-state index >= 15 is 0 Å². The Labute approximate surface area is 153 Å². The predicted molar refractivity (Wildman–Crippen MR) is 103 cm³/mol. The number of ether oxygens (including phenoxy) is 1. The molecule has 0 atom stereocenters. The summed E-state index contributed by atoms with van der Waals surface area (Å²) in [6, 6.07) is 7.43. The number of aliphatic hydroxyl groups excluding tert-OH is 1. The van der Waals surface area contributed by atoms with Crippen molar-refractivity contribution in [1.82, 2.24) is 14.5 Å². The lowest BCUT2D eigenvalue weighted by Gasteiger charge is -2.15. The first-order valence-corrected chi connectivity index (χ1v) is 9.03. The summed E-state index contributed by atoms with van der Waals surface area (Å²) < 4.78 is 7.84. The van der Waals surface area contributed by atoms with Crippen LogP contribution in [-0.4, -0.2) is 25.7 Å². The number of nitrogens with zero attached hydrogens (tertiary/aromatic N) is 3. The Bertz CT molecular complexity index is 1240. The highest BCUT2D eigenvalue weighted by atomic mass is 32.1. The van der Waals surface area contributed by atoms with E-state index in [9.17, 15) is 9.90 Å². The molecule has 0 aliphatic heterocycles. The molecule has 132 valence electrons. The summed E-state index contributed by atoms with van der Waals surface area (Å²) in [5, 5.41) is 10.2. The van der Waals surface area contributed by atoms with Crippen molar-refractivity contribution in [3.63, 3.8) is 0 Å². The third-order valence-corrected chi connectivity index (χ3v) is 5.13. The normalized spacial score (nSPS) is 12.5. The van der Waals surface area contributed by atoms with Gasteiger partial charge in [0.2, 0.25) is 0 Å². The van der Waals surface area contributed by atoms with Gasteiger partial charge in [-0.05, 0) is 50.6 Å². The third-order valence-electron chi connectivity index (χ3n) is 4.11. The zero-order valence-electron chi connectivity index (χ0n) is 14.6. The maximum atomic E-state index is 12.8. The van der Waals surface area contributed by atoms with Crippen molar-refractivity contribution in [1.29, 1.82) is 0 Å². The van der Waals surface area contributed by atoms with Crippen LogP contribution in [0.3, 0.4) is 0 Å². The molecule has 0 unspecified atom stereocenters. The SMILES string of the molecule is Cc1cc(OC(C)C)ccc1-n1c(=O)nc2c(=CO)sc3nccc1c32. The number of thiophene rings is 1. The number of aromatic nitrogens is 3. The second kappa shape index (κ2) is 6.10. The van der Waals surface area contributed by atoms with Crippen LogP contribution < -0.4 is 15.0 Å². The molecule has 0 aliphatic carbocycles. The molecule has 0 aliphatic rings. The molecular weight excluding hydrogens is 350 g/mol. The molecule has 0 spiro atoms. The summed E-state index contributed by atoms with van der Waals surface area (Å²) in [4.78, 5) is 22.1. The molecule has 0 bridgehead atoms. The quantitative estimate of drug-likeness (QED) is 0.602. The van der Waals surface area contributed by atoms with Crippen LogP contribution in [-0.2, 0) is 0 Å². The summed E-state index contributed by atoms with van der Waals surface area (Å²) >= 11 is 1.31. The van der Waals surface area contributed by atoms with E-state index in [1.807, 2.05) is 39.0 Å². The van der Waals surface area contributed by atoms with E-state index < -0.39 is 5.69 Å². The van der Waals surface area contributed by atoms with Crippen molar-refractivity contribution in [3.8, 4) is 11.4 Å². The summed E-state index contributed by atoms with van der Waals surface area (Å²) in [5.41, 5.74) is 2.45. The maximum Gasteiger partial charge on any atom is 0.353 e. The van der Waals surface area contributed by atoms with Crippen molar-refractivity contribution >= 4 is 38.8 Å². The molecule has 0 fully saturated rings. The van der Waals surface area contributed by atoms with Gasteiger partial charge in [0.05, 0.1) is 33.5 Å². The van der Waals surface area contributed by atoms with E-state index in [1.54, 1.807) is 16.8 Å². The Morgan fingerprint density at radius 1 is 1.31 bits per heavy atom. The highest BCUT2D eigenvalue weighted by molar-refractivity contribution is 7.17. The largest absolute Gasteiger partial charge is 0.514 e. The van der Waals surface area contributed by atoms with Crippen molar-refractivity contribution < 1.29 is 9.84 Å². The van der Waals surface area contributed by atoms with E-state index in [4.69, 9.17) is 4.74 Å². The fourth-order valence-corrected chi connectivity index (χ4v) is 4.02. The van der Waals surface area contributed by atoms with Crippen molar-refractivity contribution in [2.45, 2.75) is 26.9 Å². The first kappa shape index (κ1) is 16.5. The zero-order chi connectivity index (χ0) is 18.4. The Hall–Kier alpha value is -2.93. The second-order valence-corrected chi connectivity index (χ2v) is 7.33. The van der Waals surface area contributed by atoms with Gasteiger partial charge in [-0.2, -0.15) is 4.98 Å². The van der Waals surface area contributed by atoms with Gasteiger partial charge >= 0.3 is 5.69 Å². The van der Waals surface area contributed by atoms with Gasteiger partial charge in [-0.3, -0.25) is 4.57 Å². The van der Waals surface area contributed by atoms with Crippen LogP contribution in [0.4, 0.5) is 0 Å². The Morgan fingerprint density at radius 2 is 2.12 bits per heavy atom. The van der Waals surface area contributed by atoms with Crippen LogP contribution in [0.25, 0.3) is 33.2 Å². The Kier molecular flexibility index (Phi) is 3.88. The smallest absolute Gasteiger partial charge is 0.353 e. The number of benzene rings is 1. The van der Waals surface area contributed by atoms with Crippen LogP contribution in [0.2, 0.25) is 0 Å². The number of aliphatic hydroxyl groups is 1. The number of aryl methyl sites for hydroxylation is 1. The minimum Gasteiger partial charge on any atom is -0.514 e. The van der Waals surface area contributed by atoms with Crippen molar-refractivity contribution in [3.05, 3.63) is 51.0 Å². The van der Waals surface area contributed by atoms with Gasteiger partial charge in [0.25, 0.3) is 0 Å². The predicted octanol–water partition coefficient (Wildman–Crippen LogP) is 3.11. The third kappa shape index (κ3) is 2.52. The molecular formula is C19H17N3O3S. The average Bonchev–Trinajstić information content (AvgIpc) is 2.95. The molecule has 3 aromatic heterocycles. The topological polar surface area (TPSA) is 77.2 Å². The van der Waals surface area contributed by atoms with E-state index in [0.717, 1.165) is 39.0 Å². The molecule has 0 saturated carbocycles. The van der Waals surface area contributed by atoms with Gasteiger partial charge in [-0.1, -0.05) is 0 Å². The molecule has 1 aromatic carbocycles. The lowest BCUT2D eigenvalue weighted by Crippen LogP contribution is -2.23. The van der Waals surface area contributed by atoms with E-state index in [0.29, 0.717) is 10.0 Å². The highest BCUT2D eigenvalue weighted by Crippen LogP contribution is 2.28. The first-order valence-electron chi connectivity index (χ1n) is 8.21. The van der Waals surface area contributed by atoms with Gasteiger partial charge in [0.15, 0.2) is 0 Å². The molecule has 26 heavy (non-hydrogen) atoms. The second-order valence-electron chi connectivity index (χ2n) is 6.30. The Balaban J connectivity index is 2.03. The Morgan fingerprint density at radius 3 is 2.81 bits per heavy atom. The molecule has 0 amide bonds. The minimum atomic E-state index is -0.396. The monoisotopic (exact) mass is 367 g/mol. The molecule has 1 N–H and O–H groups in total. The fraction of sp³-hybridized carbons (Fsp3) is 0.211. The number of pyridine rings is 1. The van der Waals surface area contributed by atoms with Crippen LogP contribution in [0.15, 0.2) is 35.3 Å². The summed E-state index contributed by atoms with van der Waals surface area (Å²) in [7, 11) is 0. The minimum absolute atomic E-state index is 0.0770. The van der Waals surface area contributed by atoms with Crippen LogP contribution >= 0.6 is 11.3 Å². The van der Waals surface area contributed by atoms with Gasteiger partial charge in [0, 0.05) is 6.20 Å². The van der Waals surface area contributed by atoms with Crippen LogP contribution in [0.5, 0.6) is 5.75 Å². The van der Waals surface area contributed by atoms with Gasteiger partial charge < -0.3 is 9.84 Å². The summed E-state index contributed by atoms with van der Waals surface area (Å²) in [6.07, 6.45) is 2.71. The number of hydrogen-bond acceptors (Lipinski definition) is 6. The molecule has 4 aromatic rings. The van der Waals surface area contributed by atoms with E-state index in [1.165, 1.54) is 11.3 Å². The maximum absolute atomic E-state index is 12.8. The van der Waals surface area contributed by atoms with Gasteiger partial charge in [0.1, 0.15) is 16.1 Å². The van der Waals surface area contributed by atoms with Gasteiger partial charge in [-0.25, -0.2) is 9.78 Å². The number of hydrogen-bond donors (Lipinski definition) is 1. The average molecular weight is 367 g/mol. The molecule has 3 heterocycles. The lowest BCUT2D eigenvalue weighted by molar-refractivity contribution is 0.242. The summed E-state index contributed by atoms with van der Waals surface area (Å²) in [5.74, 6) is 0.760. The fourth-order valence-electron chi connectivity index (χ4n) is 3.10. The van der Waals surface area contributed by atoms with Crippen LogP contribution in [0.1, 0.15) is 19.4 Å². The molecule has 7 heteroatoms. The molecule has 0 radical (unpaired) electrons. The standard InChI is InChI=1S/C19H17N3O3S/c1-10(2)25-12-4-5-13(11(3)8-12)22-14-6-7-20-18-16(14)17(21-19(22)24)15(9-23)26-18/h4-10,23H,1-3H3. The molecule has 0 saturated heterocycles.